The second-order valence-electron chi connectivity index (χ2n) is 4.39. The van der Waals surface area contributed by atoms with Crippen molar-refractivity contribution in [1.29, 1.82) is 0 Å². The number of epoxide rings is 1. The fourth-order valence-electron chi connectivity index (χ4n) is 1.73. The summed E-state index contributed by atoms with van der Waals surface area (Å²) in [6.07, 6.45) is 4.79. The van der Waals surface area contributed by atoms with E-state index in [9.17, 15) is 0 Å². The molecule has 0 N–H and O–H groups in total. The van der Waals surface area contributed by atoms with Crippen molar-refractivity contribution < 1.29 is 4.74 Å². The number of rotatable bonds is 6. The predicted octanol–water partition coefficient (Wildman–Crippen LogP) is 3.55. The van der Waals surface area contributed by atoms with Gasteiger partial charge in [0, 0.05) is 0 Å². The number of ether oxygens (including phenoxy) is 1. The van der Waals surface area contributed by atoms with Gasteiger partial charge in [0.25, 0.3) is 0 Å². The van der Waals surface area contributed by atoms with Crippen LogP contribution in [0.4, 0.5) is 0 Å². The molecule has 76 valence electrons. The van der Waals surface area contributed by atoms with Crippen LogP contribution < -0.4 is 0 Å². The fourth-order valence-corrected chi connectivity index (χ4v) is 1.73. The number of hydrogen-bond acceptors (Lipinski definition) is 1. The van der Waals surface area contributed by atoms with Gasteiger partial charge in [-0.05, 0) is 38.5 Å². The molecule has 0 aliphatic carbocycles. The van der Waals surface area contributed by atoms with Gasteiger partial charge in [-0.15, -0.1) is 0 Å². The molecule has 13 heavy (non-hydrogen) atoms. The largest absolute Gasteiger partial charge is 0.370 e. The highest BCUT2D eigenvalue weighted by atomic mass is 16.6. The van der Waals surface area contributed by atoms with Crippen LogP contribution in [0.15, 0.2) is 12.2 Å². The molecule has 1 heterocycles. The van der Waals surface area contributed by atoms with Gasteiger partial charge in [0.2, 0.25) is 0 Å². The van der Waals surface area contributed by atoms with Crippen LogP contribution in [0.25, 0.3) is 0 Å². The Morgan fingerprint density at radius 2 is 2.15 bits per heavy atom. The molecule has 0 bridgehead atoms. The average Bonchev–Trinajstić information content (AvgIpc) is 2.85. The lowest BCUT2D eigenvalue weighted by atomic mass is 9.88. The van der Waals surface area contributed by atoms with Crippen molar-refractivity contribution in [1.82, 2.24) is 0 Å². The highest BCUT2D eigenvalue weighted by molar-refractivity contribution is 5.00. The van der Waals surface area contributed by atoms with Gasteiger partial charge >= 0.3 is 0 Å². The summed E-state index contributed by atoms with van der Waals surface area (Å²) in [6.45, 7) is 11.7. The van der Waals surface area contributed by atoms with E-state index in [0.717, 1.165) is 13.0 Å². The minimum Gasteiger partial charge on any atom is -0.370 e. The van der Waals surface area contributed by atoms with Gasteiger partial charge in [0.05, 0.1) is 12.2 Å². The molecule has 1 rings (SSSR count). The van der Waals surface area contributed by atoms with Crippen LogP contribution in [0.2, 0.25) is 0 Å². The molecule has 0 aromatic carbocycles. The third-order valence-corrected chi connectivity index (χ3v) is 3.18. The third-order valence-electron chi connectivity index (χ3n) is 3.18. The predicted molar refractivity (Wildman–Crippen MR) is 56.8 cm³/mol. The van der Waals surface area contributed by atoms with E-state index in [4.69, 9.17) is 4.74 Å². The van der Waals surface area contributed by atoms with Crippen molar-refractivity contribution in [3.63, 3.8) is 0 Å². The van der Waals surface area contributed by atoms with Gasteiger partial charge in [0.1, 0.15) is 0 Å². The molecule has 0 aromatic rings. The van der Waals surface area contributed by atoms with Gasteiger partial charge in [-0.25, -0.2) is 0 Å². The zero-order chi connectivity index (χ0) is 9.90. The summed E-state index contributed by atoms with van der Waals surface area (Å²) in [5, 5.41) is 0. The van der Waals surface area contributed by atoms with Crippen LogP contribution in [0.5, 0.6) is 0 Å². The van der Waals surface area contributed by atoms with Crippen LogP contribution in [0, 0.1) is 5.92 Å². The van der Waals surface area contributed by atoms with Crippen LogP contribution in [0.1, 0.15) is 46.5 Å². The monoisotopic (exact) mass is 182 g/mol. The van der Waals surface area contributed by atoms with Crippen molar-refractivity contribution >= 4 is 0 Å². The molecule has 1 heteroatoms. The SMILES string of the molecule is C=C(CC)C(CC)CCC1(C)CO1. The van der Waals surface area contributed by atoms with Crippen molar-refractivity contribution in [3.8, 4) is 0 Å². The topological polar surface area (TPSA) is 12.5 Å². The highest BCUT2D eigenvalue weighted by Crippen LogP contribution is 2.34. The molecule has 1 nitrogen and oxygen atoms in total. The molecule has 0 spiro atoms. The van der Waals surface area contributed by atoms with Gasteiger partial charge in [-0.3, -0.25) is 0 Å². The van der Waals surface area contributed by atoms with E-state index < -0.39 is 0 Å². The lowest BCUT2D eigenvalue weighted by Gasteiger charge is -2.17. The van der Waals surface area contributed by atoms with Crippen molar-refractivity contribution in [3.05, 3.63) is 12.2 Å². The Hall–Kier alpha value is -0.300. The molecule has 1 saturated heterocycles. The molecule has 2 atom stereocenters. The molecule has 0 aromatic heterocycles. The zero-order valence-electron chi connectivity index (χ0n) is 9.23. The summed E-state index contributed by atoms with van der Waals surface area (Å²) < 4.78 is 5.37. The fraction of sp³-hybridized carbons (Fsp3) is 0.833. The summed E-state index contributed by atoms with van der Waals surface area (Å²) in [5.74, 6) is 0.714. The second-order valence-corrected chi connectivity index (χ2v) is 4.39. The normalized spacial score (nSPS) is 28.5. The first-order valence-corrected chi connectivity index (χ1v) is 5.43. The summed E-state index contributed by atoms with van der Waals surface area (Å²) in [4.78, 5) is 0. The molecule has 1 aliphatic heterocycles. The summed E-state index contributed by atoms with van der Waals surface area (Å²) in [6, 6.07) is 0. The number of allylic oxidation sites excluding steroid dienone is 1. The van der Waals surface area contributed by atoms with Crippen molar-refractivity contribution in [2.75, 3.05) is 6.61 Å². The Morgan fingerprint density at radius 3 is 2.54 bits per heavy atom. The average molecular weight is 182 g/mol. The lowest BCUT2D eigenvalue weighted by molar-refractivity contribution is 0.291. The van der Waals surface area contributed by atoms with Gasteiger partial charge < -0.3 is 4.74 Å². The van der Waals surface area contributed by atoms with Crippen LogP contribution in [-0.2, 0) is 4.74 Å². The standard InChI is InChI=1S/C12H22O/c1-5-10(3)11(6-2)7-8-12(4)9-13-12/h11H,3,5-9H2,1-2,4H3. The van der Waals surface area contributed by atoms with Gasteiger partial charge in [-0.1, -0.05) is 26.0 Å². The Balaban J connectivity index is 2.27. The van der Waals surface area contributed by atoms with E-state index in [1.807, 2.05) is 0 Å². The Kier molecular flexibility index (Phi) is 3.55. The Bertz CT molecular complexity index is 180. The van der Waals surface area contributed by atoms with Crippen molar-refractivity contribution in [2.45, 2.75) is 52.1 Å². The molecule has 2 unspecified atom stereocenters. The zero-order valence-corrected chi connectivity index (χ0v) is 9.23. The summed E-state index contributed by atoms with van der Waals surface area (Å²) in [7, 11) is 0. The smallest absolute Gasteiger partial charge is 0.0888 e. The quantitative estimate of drug-likeness (QED) is 0.452. The van der Waals surface area contributed by atoms with E-state index in [-0.39, 0.29) is 5.60 Å². The van der Waals surface area contributed by atoms with Crippen LogP contribution in [-0.4, -0.2) is 12.2 Å². The molecule has 0 saturated carbocycles. The van der Waals surface area contributed by atoms with Crippen molar-refractivity contribution in [2.24, 2.45) is 5.92 Å². The van der Waals surface area contributed by atoms with Gasteiger partial charge in [0.15, 0.2) is 0 Å². The number of hydrogen-bond donors (Lipinski definition) is 0. The van der Waals surface area contributed by atoms with E-state index in [2.05, 4.69) is 27.4 Å². The van der Waals surface area contributed by atoms with E-state index in [1.165, 1.54) is 24.8 Å². The Labute approximate surface area is 82.2 Å². The maximum absolute atomic E-state index is 5.37. The second kappa shape index (κ2) is 4.28. The maximum atomic E-state index is 5.37. The minimum absolute atomic E-state index is 0.224. The molecule has 0 amide bonds. The van der Waals surface area contributed by atoms with Crippen LogP contribution >= 0.6 is 0 Å². The first kappa shape index (κ1) is 10.8. The first-order chi connectivity index (χ1) is 6.11. The first-order valence-electron chi connectivity index (χ1n) is 5.43. The van der Waals surface area contributed by atoms with E-state index in [1.54, 1.807) is 0 Å². The van der Waals surface area contributed by atoms with Crippen LogP contribution in [0.3, 0.4) is 0 Å². The summed E-state index contributed by atoms with van der Waals surface area (Å²) >= 11 is 0. The van der Waals surface area contributed by atoms with E-state index in [0.29, 0.717) is 5.92 Å². The molecular weight excluding hydrogens is 160 g/mol. The molecule has 1 fully saturated rings. The molecule has 1 aliphatic rings. The highest BCUT2D eigenvalue weighted by Gasteiger charge is 2.38. The Morgan fingerprint density at radius 1 is 1.54 bits per heavy atom. The molecular formula is C12H22O. The lowest BCUT2D eigenvalue weighted by Crippen LogP contribution is -2.09. The third kappa shape index (κ3) is 3.15. The van der Waals surface area contributed by atoms with Gasteiger partial charge in [-0.2, -0.15) is 0 Å². The minimum atomic E-state index is 0.224. The summed E-state index contributed by atoms with van der Waals surface area (Å²) in [5.41, 5.74) is 1.63. The molecule has 0 radical (unpaired) electrons. The van der Waals surface area contributed by atoms with E-state index >= 15 is 0 Å². The maximum Gasteiger partial charge on any atom is 0.0888 e.